The summed E-state index contributed by atoms with van der Waals surface area (Å²) in [5.41, 5.74) is 6.09. The molecule has 3 aliphatic carbocycles. The summed E-state index contributed by atoms with van der Waals surface area (Å²) < 4.78 is 39.3. The van der Waals surface area contributed by atoms with Gasteiger partial charge in [-0.1, -0.05) is 169 Å². The zero-order chi connectivity index (χ0) is 60.7. The highest BCUT2D eigenvalue weighted by Gasteiger charge is 2.60. The summed E-state index contributed by atoms with van der Waals surface area (Å²) in [4.78, 5) is 0. The lowest BCUT2D eigenvalue weighted by Crippen LogP contribution is -2.48. The summed E-state index contributed by atoms with van der Waals surface area (Å²) >= 11 is 0. The lowest BCUT2D eigenvalue weighted by Gasteiger charge is -2.33. The van der Waals surface area contributed by atoms with Crippen molar-refractivity contribution >= 4 is 109 Å². The van der Waals surface area contributed by atoms with Gasteiger partial charge in [0.25, 0.3) is 0 Å². The van der Waals surface area contributed by atoms with Crippen LogP contribution in [-0.2, 0) is 27.9 Å². The molecule has 9 aliphatic rings. The van der Waals surface area contributed by atoms with Crippen LogP contribution in [0.15, 0.2) is 109 Å². The second-order valence-electron chi connectivity index (χ2n) is 30.5. The Balaban J connectivity index is 0.000000121. The quantitative estimate of drug-likeness (QED) is 0.0653. The van der Waals surface area contributed by atoms with E-state index >= 15 is 0 Å². The molecule has 87 heavy (non-hydrogen) atoms. The molecular formula is C69H96B6N6O6. The molecule has 18 heteroatoms. The van der Waals surface area contributed by atoms with E-state index in [9.17, 15) is 0 Å². The Morgan fingerprint density at radius 1 is 0.310 bits per heavy atom. The van der Waals surface area contributed by atoms with E-state index < -0.39 is 0 Å². The third-order valence-corrected chi connectivity index (χ3v) is 23.0. The van der Waals surface area contributed by atoms with Crippen LogP contribution in [-0.4, -0.2) is 75.9 Å². The van der Waals surface area contributed by atoms with Gasteiger partial charge in [-0.25, -0.2) is 0 Å². The third-order valence-electron chi connectivity index (χ3n) is 23.0. The van der Waals surface area contributed by atoms with E-state index in [0.29, 0.717) is 0 Å². The predicted molar refractivity (Wildman–Crippen MR) is 370 cm³/mol. The molecular weight excluding hydrogens is 1070 g/mol. The molecule has 3 saturated heterocycles. The van der Waals surface area contributed by atoms with Gasteiger partial charge in [0, 0.05) is 67.4 Å². The highest BCUT2D eigenvalue weighted by atomic mass is 16.7. The summed E-state index contributed by atoms with van der Waals surface area (Å²) in [6.45, 7) is 26.1. The van der Waals surface area contributed by atoms with Crippen molar-refractivity contribution in [1.82, 2.24) is 0 Å². The Labute approximate surface area is 522 Å². The molecule has 0 spiro atoms. The van der Waals surface area contributed by atoms with E-state index in [1.807, 2.05) is 0 Å². The monoisotopic (exact) mass is 1170 g/mol. The van der Waals surface area contributed by atoms with Crippen molar-refractivity contribution in [2.45, 2.75) is 230 Å². The zero-order valence-electron chi connectivity index (χ0n) is 54.4. The summed E-state index contributed by atoms with van der Waals surface area (Å²) in [6, 6.07) is 39.0. The fourth-order valence-corrected chi connectivity index (χ4v) is 15.8. The van der Waals surface area contributed by atoms with Gasteiger partial charge >= 0.3 is 42.3 Å². The van der Waals surface area contributed by atoms with E-state index in [1.165, 1.54) is 143 Å². The Kier molecular flexibility index (Phi) is 16.6. The number of benzene rings is 6. The minimum absolute atomic E-state index is 0.0887. The SMILES string of the molecule is CC1(C)OB([C@@H](CC2CCCC2)B2Nc3cccc4cccc(c34)N2)OC1(C)C.CC1(C)OB([C@@H](CC2CCCC2)B2Nc3cccc4cccc(c34)N2)OC1(C)C.CC1(C)OB([C@@H](CC2CCCC2)B2Nc3cccc4cccc(c34)N2)OC1(C)C. The predicted octanol–water partition coefficient (Wildman–Crippen LogP) is 17.2. The molecule has 6 N–H and O–H groups in total. The minimum Gasteiger partial charge on any atom is -0.409 e. The molecule has 6 aromatic carbocycles. The van der Waals surface area contributed by atoms with Crippen LogP contribution in [0.25, 0.3) is 32.3 Å². The molecule has 3 saturated carbocycles. The summed E-state index contributed by atoms with van der Waals surface area (Å²) in [6.07, 6.45) is 19.5. The van der Waals surface area contributed by atoms with Crippen molar-refractivity contribution in [3.8, 4) is 0 Å². The van der Waals surface area contributed by atoms with Gasteiger partial charge in [0.2, 0.25) is 0 Å². The number of anilines is 6. The average molecular weight is 1170 g/mol. The van der Waals surface area contributed by atoms with Crippen molar-refractivity contribution in [3.63, 3.8) is 0 Å². The minimum atomic E-state index is -0.307. The lowest BCUT2D eigenvalue weighted by atomic mass is 9.43. The van der Waals surface area contributed by atoms with Gasteiger partial charge in [-0.15, -0.1) is 0 Å². The molecule has 6 fully saturated rings. The Bertz CT molecular complexity index is 2920. The number of hydrogen-bond donors (Lipinski definition) is 6. The van der Waals surface area contributed by atoms with Crippen LogP contribution in [0.3, 0.4) is 0 Å². The first-order valence-corrected chi connectivity index (χ1v) is 33.7. The van der Waals surface area contributed by atoms with Gasteiger partial charge in [0.05, 0.1) is 33.6 Å². The number of hydrogen-bond acceptors (Lipinski definition) is 12. The number of nitrogens with one attached hydrogen (secondary N) is 6. The second-order valence-corrected chi connectivity index (χ2v) is 30.5. The fourth-order valence-electron chi connectivity index (χ4n) is 15.8. The lowest BCUT2D eigenvalue weighted by molar-refractivity contribution is 0.00578. The van der Waals surface area contributed by atoms with Gasteiger partial charge in [0.1, 0.15) is 0 Å². The van der Waals surface area contributed by atoms with Crippen LogP contribution >= 0.6 is 0 Å². The third kappa shape index (κ3) is 12.0. The van der Waals surface area contributed by atoms with Crippen LogP contribution in [0.1, 0.15) is 179 Å². The summed E-state index contributed by atoms with van der Waals surface area (Å²) in [7, 11) is -0.639. The van der Waals surface area contributed by atoms with Crippen LogP contribution < -0.4 is 31.4 Å². The van der Waals surface area contributed by atoms with Gasteiger partial charge < -0.3 is 59.3 Å². The average Bonchev–Trinajstić information content (AvgIpc) is 1.88. The normalized spacial score (nSPS) is 23.9. The first kappa shape index (κ1) is 60.9. The molecule has 0 radical (unpaired) electrons. The molecule has 3 atom stereocenters. The van der Waals surface area contributed by atoms with Gasteiger partial charge in [-0.2, -0.15) is 0 Å². The molecule has 6 aromatic rings. The van der Waals surface area contributed by atoms with E-state index in [4.69, 9.17) is 27.9 Å². The maximum Gasteiger partial charge on any atom is 0.457 e. The fraction of sp³-hybridized carbons (Fsp3) is 0.565. The first-order chi connectivity index (χ1) is 41.5. The maximum atomic E-state index is 6.55. The molecule has 0 aromatic heterocycles. The molecule has 456 valence electrons. The van der Waals surface area contributed by atoms with E-state index in [1.54, 1.807) is 0 Å². The summed E-state index contributed by atoms with van der Waals surface area (Å²) in [5, 5.41) is 30.4. The van der Waals surface area contributed by atoms with E-state index in [2.05, 4.69) is 224 Å². The Morgan fingerprint density at radius 3 is 0.678 bits per heavy atom. The molecule has 0 unspecified atom stereocenters. The molecule has 6 heterocycles. The van der Waals surface area contributed by atoms with Crippen LogP contribution in [0.2, 0.25) is 17.1 Å². The summed E-state index contributed by atoms with van der Waals surface area (Å²) in [5.74, 6) is 2.28. The van der Waals surface area contributed by atoms with Crippen LogP contribution in [0.5, 0.6) is 0 Å². The van der Waals surface area contributed by atoms with Crippen molar-refractivity contribution in [3.05, 3.63) is 109 Å². The zero-order valence-corrected chi connectivity index (χ0v) is 54.4. The van der Waals surface area contributed by atoms with Crippen molar-refractivity contribution < 1.29 is 27.9 Å². The molecule has 0 bridgehead atoms. The van der Waals surface area contributed by atoms with Gasteiger partial charge in [-0.05, 0) is 153 Å². The van der Waals surface area contributed by atoms with Crippen LogP contribution in [0.4, 0.5) is 34.1 Å². The van der Waals surface area contributed by atoms with E-state index in [0.717, 1.165) is 37.0 Å². The maximum absolute atomic E-state index is 6.55. The van der Waals surface area contributed by atoms with Crippen molar-refractivity contribution in [2.75, 3.05) is 31.4 Å². The molecule has 0 amide bonds. The van der Waals surface area contributed by atoms with E-state index in [-0.39, 0.29) is 93.1 Å². The van der Waals surface area contributed by atoms with Crippen molar-refractivity contribution in [1.29, 1.82) is 0 Å². The molecule has 12 nitrogen and oxygen atoms in total. The molecule has 15 rings (SSSR count). The number of rotatable bonds is 12. The van der Waals surface area contributed by atoms with Crippen molar-refractivity contribution in [2.24, 2.45) is 17.8 Å². The largest absolute Gasteiger partial charge is 0.457 e. The smallest absolute Gasteiger partial charge is 0.409 e. The second kappa shape index (κ2) is 23.7. The topological polar surface area (TPSA) is 128 Å². The Morgan fingerprint density at radius 2 is 0.494 bits per heavy atom. The molecule has 6 aliphatic heterocycles. The highest BCUT2D eigenvalue weighted by molar-refractivity contribution is 6.81. The standard InChI is InChI=1S/3C23H32B2N2O2/c3*1-22(2)23(3,4)29-25(28-22)20(15-16-9-5-6-10-16)24-26-18-13-7-11-17-12-8-14-19(27-24)21(17)18/h3*7-8,11-14,16,20,26-27H,5-6,9-10,15H2,1-4H3/t3*20-/m000/s1. The van der Waals surface area contributed by atoms with Crippen LogP contribution in [0, 0.1) is 17.8 Å². The van der Waals surface area contributed by atoms with Gasteiger partial charge in [0.15, 0.2) is 0 Å². The van der Waals surface area contributed by atoms with Gasteiger partial charge in [-0.3, -0.25) is 0 Å². The highest BCUT2D eigenvalue weighted by Crippen LogP contribution is 2.50. The Hall–Kier alpha value is -4.95. The first-order valence-electron chi connectivity index (χ1n) is 33.7.